The van der Waals surface area contributed by atoms with Crippen LogP contribution < -0.4 is 4.78 Å². The Hall–Kier alpha value is -0.975. The van der Waals surface area contributed by atoms with Crippen LogP contribution in [0, 0.1) is 11.6 Å². The van der Waals surface area contributed by atoms with Crippen molar-refractivity contribution in [3.8, 4) is 0 Å². The Bertz CT molecular complexity index is 483. The first-order valence-electron chi connectivity index (χ1n) is 3.82. The third-order valence-corrected chi connectivity index (χ3v) is 2.95. The molecule has 1 aromatic heterocycles. The summed E-state index contributed by atoms with van der Waals surface area (Å²) in [7, 11) is -1.64. The molecule has 0 saturated carbocycles. The second-order valence-corrected chi connectivity index (χ2v) is 3.94. The van der Waals surface area contributed by atoms with Gasteiger partial charge in [-0.3, -0.25) is 0 Å². The van der Waals surface area contributed by atoms with E-state index in [9.17, 15) is 8.78 Å². The number of rotatable bonds is 1. The molecule has 0 aliphatic carbocycles. The molecule has 2 aromatic rings. The minimum atomic E-state index is -1.64. The van der Waals surface area contributed by atoms with Crippen LogP contribution in [-0.2, 0) is 0 Å². The van der Waals surface area contributed by atoms with Crippen molar-refractivity contribution in [3.05, 3.63) is 29.8 Å². The fourth-order valence-corrected chi connectivity index (χ4v) is 2.19. The predicted molar refractivity (Wildman–Crippen MR) is 51.6 cm³/mol. The van der Waals surface area contributed by atoms with Gasteiger partial charge in [-0.05, 0) is 12.1 Å². The molecule has 2 N–H and O–H groups in total. The Balaban J connectivity index is 2.70. The van der Waals surface area contributed by atoms with E-state index in [0.717, 1.165) is 23.5 Å². The van der Waals surface area contributed by atoms with Crippen molar-refractivity contribution in [2.75, 3.05) is 0 Å². The Morgan fingerprint density at radius 2 is 1.86 bits per heavy atom. The van der Waals surface area contributed by atoms with Gasteiger partial charge in [0.1, 0.15) is 11.6 Å². The summed E-state index contributed by atoms with van der Waals surface area (Å²) in [4.78, 5) is 0. The zero-order valence-corrected chi connectivity index (χ0v) is 7.68. The molecule has 0 atom stereocenters. The van der Waals surface area contributed by atoms with E-state index in [1.165, 1.54) is 6.07 Å². The Morgan fingerprint density at radius 1 is 1.14 bits per heavy atom. The van der Waals surface area contributed by atoms with Gasteiger partial charge in [-0.1, -0.05) is 0 Å². The van der Waals surface area contributed by atoms with Crippen LogP contribution in [0.1, 0.15) is 0 Å². The molecule has 72 valence electrons. The summed E-state index contributed by atoms with van der Waals surface area (Å²) < 4.78 is 26.4. The molecule has 6 heteroatoms. The minimum absolute atomic E-state index is 0.199. The summed E-state index contributed by atoms with van der Waals surface area (Å²) in [5, 5.41) is 17.9. The lowest BCUT2D eigenvalue weighted by atomic mass is 9.89. The highest BCUT2D eigenvalue weighted by Crippen LogP contribution is 2.23. The second-order valence-electron chi connectivity index (χ2n) is 2.82. The lowest BCUT2D eigenvalue weighted by molar-refractivity contribution is 0.427. The highest BCUT2D eigenvalue weighted by atomic mass is 32.1. The van der Waals surface area contributed by atoms with Crippen molar-refractivity contribution in [2.45, 2.75) is 0 Å². The van der Waals surface area contributed by atoms with Gasteiger partial charge in [0.25, 0.3) is 0 Å². The molecule has 2 rings (SSSR count). The molecule has 0 bridgehead atoms. The predicted octanol–water partition coefficient (Wildman–Crippen LogP) is 0.859. The fourth-order valence-electron chi connectivity index (χ4n) is 1.21. The van der Waals surface area contributed by atoms with E-state index in [2.05, 4.69) is 0 Å². The molecule has 14 heavy (non-hydrogen) atoms. The van der Waals surface area contributed by atoms with Crippen LogP contribution in [-0.4, -0.2) is 17.2 Å². The van der Waals surface area contributed by atoms with Crippen LogP contribution in [0.3, 0.4) is 0 Å². The molecule has 0 unspecified atom stereocenters. The molecular weight excluding hydrogens is 209 g/mol. The van der Waals surface area contributed by atoms with Crippen LogP contribution in [0.2, 0.25) is 0 Å². The van der Waals surface area contributed by atoms with Gasteiger partial charge in [0, 0.05) is 20.9 Å². The monoisotopic (exact) mass is 214 g/mol. The van der Waals surface area contributed by atoms with Crippen molar-refractivity contribution in [2.24, 2.45) is 0 Å². The van der Waals surface area contributed by atoms with Crippen molar-refractivity contribution in [1.29, 1.82) is 0 Å². The van der Waals surface area contributed by atoms with Gasteiger partial charge < -0.3 is 10.0 Å². The van der Waals surface area contributed by atoms with Gasteiger partial charge in [-0.25, -0.2) is 8.78 Å². The van der Waals surface area contributed by atoms with Gasteiger partial charge in [0.05, 0.1) is 0 Å². The number of hydrogen-bond acceptors (Lipinski definition) is 3. The molecule has 0 amide bonds. The van der Waals surface area contributed by atoms with Gasteiger partial charge in [-0.2, -0.15) is 0 Å². The van der Waals surface area contributed by atoms with Crippen molar-refractivity contribution in [1.82, 2.24) is 0 Å². The number of fused-ring (bicyclic) bond motifs is 1. The molecule has 1 aromatic carbocycles. The molecule has 1 heterocycles. The average molecular weight is 214 g/mol. The fraction of sp³-hybridized carbons (Fsp3) is 0. The van der Waals surface area contributed by atoms with Gasteiger partial charge >= 0.3 is 7.12 Å². The van der Waals surface area contributed by atoms with E-state index >= 15 is 0 Å². The van der Waals surface area contributed by atoms with E-state index in [1.54, 1.807) is 0 Å². The normalized spacial score (nSPS) is 10.9. The quantitative estimate of drug-likeness (QED) is 0.691. The van der Waals surface area contributed by atoms with Crippen LogP contribution in [0.25, 0.3) is 10.1 Å². The van der Waals surface area contributed by atoms with Crippen molar-refractivity contribution < 1.29 is 18.8 Å². The summed E-state index contributed by atoms with van der Waals surface area (Å²) in [6.07, 6.45) is 0. The molecule has 2 nitrogen and oxygen atoms in total. The standard InChI is InChI=1S/C8H5BF2O2S/c10-4-1-6(11)5-3-8(9(12)13)14-7(5)2-4/h1-3,12-13H. The van der Waals surface area contributed by atoms with Crippen LogP contribution in [0.15, 0.2) is 18.2 Å². The van der Waals surface area contributed by atoms with Gasteiger partial charge in [-0.15, -0.1) is 11.3 Å². The number of benzene rings is 1. The van der Waals surface area contributed by atoms with E-state index in [0.29, 0.717) is 4.70 Å². The maximum Gasteiger partial charge on any atom is 0.499 e. The first-order chi connectivity index (χ1) is 6.58. The molecule has 0 fully saturated rings. The smallest absolute Gasteiger partial charge is 0.423 e. The van der Waals surface area contributed by atoms with E-state index in [4.69, 9.17) is 10.0 Å². The zero-order valence-electron chi connectivity index (χ0n) is 6.87. The third kappa shape index (κ3) is 1.52. The highest BCUT2D eigenvalue weighted by molar-refractivity contribution is 7.27. The summed E-state index contributed by atoms with van der Waals surface area (Å²) in [5.41, 5.74) is 0. The van der Waals surface area contributed by atoms with Crippen molar-refractivity contribution in [3.63, 3.8) is 0 Å². The SMILES string of the molecule is OB(O)c1cc2c(F)cc(F)cc2s1. The summed E-state index contributed by atoms with van der Waals surface area (Å²) >= 11 is 0.954. The third-order valence-electron chi connectivity index (χ3n) is 1.83. The van der Waals surface area contributed by atoms with Crippen LogP contribution >= 0.6 is 11.3 Å². The topological polar surface area (TPSA) is 40.5 Å². The maximum atomic E-state index is 13.1. The number of thiophene rings is 1. The second kappa shape index (κ2) is 3.31. The summed E-state index contributed by atoms with van der Waals surface area (Å²) in [6, 6.07) is 3.23. The average Bonchev–Trinajstić information content (AvgIpc) is 2.47. The molecule has 0 saturated heterocycles. The van der Waals surface area contributed by atoms with Crippen LogP contribution in [0.4, 0.5) is 8.78 Å². The number of hydrogen-bond donors (Lipinski definition) is 2. The largest absolute Gasteiger partial charge is 0.499 e. The molecule has 0 aliphatic heterocycles. The first kappa shape index (κ1) is 9.58. The Morgan fingerprint density at radius 3 is 2.50 bits per heavy atom. The summed E-state index contributed by atoms with van der Waals surface area (Å²) in [5.74, 6) is -1.36. The maximum absolute atomic E-state index is 13.1. The first-order valence-corrected chi connectivity index (χ1v) is 4.64. The molecule has 0 aliphatic rings. The minimum Gasteiger partial charge on any atom is -0.423 e. The van der Waals surface area contributed by atoms with E-state index < -0.39 is 18.8 Å². The highest BCUT2D eigenvalue weighted by Gasteiger charge is 2.16. The Labute approximate surface area is 82.6 Å². The van der Waals surface area contributed by atoms with E-state index in [1.807, 2.05) is 0 Å². The van der Waals surface area contributed by atoms with Gasteiger partial charge in [0.15, 0.2) is 0 Å². The van der Waals surface area contributed by atoms with Crippen molar-refractivity contribution >= 4 is 33.3 Å². The van der Waals surface area contributed by atoms with Gasteiger partial charge in [0.2, 0.25) is 0 Å². The molecular formula is C8H5BF2O2S. The number of halogens is 2. The zero-order chi connectivity index (χ0) is 10.3. The summed E-state index contributed by atoms with van der Waals surface area (Å²) in [6.45, 7) is 0. The lowest BCUT2D eigenvalue weighted by Crippen LogP contribution is -2.26. The van der Waals surface area contributed by atoms with Crippen LogP contribution in [0.5, 0.6) is 0 Å². The van der Waals surface area contributed by atoms with E-state index in [-0.39, 0.29) is 10.2 Å². The Kier molecular flexibility index (Phi) is 2.26. The lowest BCUT2D eigenvalue weighted by Gasteiger charge is -1.91. The molecule has 0 spiro atoms. The molecule has 0 radical (unpaired) electrons.